The third kappa shape index (κ3) is 3.63. The highest BCUT2D eigenvalue weighted by Gasteiger charge is 2.38. The van der Waals surface area contributed by atoms with Crippen molar-refractivity contribution < 1.29 is 19.2 Å². The largest absolute Gasteiger partial charge is 0.339 e. The van der Waals surface area contributed by atoms with Gasteiger partial charge in [-0.25, -0.2) is 0 Å². The molecule has 2 aliphatic rings. The Morgan fingerprint density at radius 3 is 2.27 bits per heavy atom. The molecular formula is C22H23N3O4S. The van der Waals surface area contributed by atoms with E-state index < -0.39 is 0 Å². The van der Waals surface area contributed by atoms with E-state index in [9.17, 15) is 19.2 Å². The van der Waals surface area contributed by atoms with Crippen LogP contribution in [0.25, 0.3) is 0 Å². The maximum absolute atomic E-state index is 13.0. The summed E-state index contributed by atoms with van der Waals surface area (Å²) in [6, 6.07) is 8.32. The van der Waals surface area contributed by atoms with Crippen LogP contribution in [-0.2, 0) is 11.2 Å². The number of piperazine rings is 1. The molecular weight excluding hydrogens is 402 g/mol. The summed E-state index contributed by atoms with van der Waals surface area (Å²) in [7, 11) is 0. The fraction of sp³-hybridized carbons (Fsp3) is 0.364. The van der Waals surface area contributed by atoms with Gasteiger partial charge in [0.05, 0.1) is 17.5 Å². The zero-order valence-corrected chi connectivity index (χ0v) is 17.8. The predicted molar refractivity (Wildman–Crippen MR) is 113 cm³/mol. The third-order valence-electron chi connectivity index (χ3n) is 5.51. The van der Waals surface area contributed by atoms with Gasteiger partial charge in [-0.1, -0.05) is 6.07 Å². The maximum atomic E-state index is 13.0. The van der Waals surface area contributed by atoms with E-state index in [0.29, 0.717) is 43.7 Å². The Hall–Kier alpha value is -3.00. The molecule has 8 heteroatoms. The van der Waals surface area contributed by atoms with Crippen molar-refractivity contribution in [1.29, 1.82) is 0 Å². The second kappa shape index (κ2) is 8.02. The average molecular weight is 426 g/mol. The minimum absolute atomic E-state index is 0.0694. The topological polar surface area (TPSA) is 78.0 Å². The van der Waals surface area contributed by atoms with E-state index in [1.165, 1.54) is 11.0 Å². The van der Waals surface area contributed by atoms with Crippen molar-refractivity contribution in [2.45, 2.75) is 26.3 Å². The van der Waals surface area contributed by atoms with Gasteiger partial charge in [0.1, 0.15) is 0 Å². The number of fused-ring (bicyclic) bond motifs is 1. The Kier molecular flexibility index (Phi) is 5.42. The summed E-state index contributed by atoms with van der Waals surface area (Å²) < 4.78 is 0. The summed E-state index contributed by atoms with van der Waals surface area (Å²) in [6.45, 7) is 5.42. The number of rotatable bonds is 4. The van der Waals surface area contributed by atoms with E-state index >= 15 is 0 Å². The Bertz CT molecular complexity index is 1010. The van der Waals surface area contributed by atoms with Gasteiger partial charge >= 0.3 is 0 Å². The monoisotopic (exact) mass is 425 g/mol. The molecule has 0 spiro atoms. The molecule has 4 rings (SSSR count). The van der Waals surface area contributed by atoms with Crippen LogP contribution in [0.5, 0.6) is 0 Å². The summed E-state index contributed by atoms with van der Waals surface area (Å²) in [6.07, 6.45) is 0.388. The quantitative estimate of drug-likeness (QED) is 0.704. The lowest BCUT2D eigenvalue weighted by atomic mass is 10.0. The Morgan fingerprint density at radius 1 is 0.967 bits per heavy atom. The Balaban J connectivity index is 1.41. The zero-order valence-electron chi connectivity index (χ0n) is 17.0. The lowest BCUT2D eigenvalue weighted by Gasteiger charge is -2.34. The van der Waals surface area contributed by atoms with Crippen molar-refractivity contribution in [3.63, 3.8) is 0 Å². The van der Waals surface area contributed by atoms with Crippen LogP contribution in [0.2, 0.25) is 0 Å². The lowest BCUT2D eigenvalue weighted by Crippen LogP contribution is -2.51. The first-order valence-electron chi connectivity index (χ1n) is 9.98. The number of carbonyl (C=O) groups is 4. The number of thiophene rings is 1. The predicted octanol–water partition coefficient (Wildman–Crippen LogP) is 2.28. The molecule has 3 heterocycles. The maximum Gasteiger partial charge on any atom is 0.261 e. The molecule has 1 saturated heterocycles. The van der Waals surface area contributed by atoms with Crippen molar-refractivity contribution in [3.8, 4) is 0 Å². The van der Waals surface area contributed by atoms with E-state index in [0.717, 1.165) is 4.88 Å². The SMILES string of the molecule is CC(C)N1C(=O)c2ccc(C(=O)N3CCN(C(=O)Cc4cccs4)CC3)cc2C1=O. The molecule has 7 nitrogen and oxygen atoms in total. The molecule has 0 unspecified atom stereocenters. The van der Waals surface area contributed by atoms with Gasteiger partial charge in [0.15, 0.2) is 0 Å². The molecule has 0 bridgehead atoms. The van der Waals surface area contributed by atoms with Gasteiger partial charge in [-0.05, 0) is 43.5 Å². The molecule has 1 fully saturated rings. The molecule has 0 atom stereocenters. The van der Waals surface area contributed by atoms with Crippen LogP contribution in [0.3, 0.4) is 0 Å². The van der Waals surface area contributed by atoms with Crippen molar-refractivity contribution in [2.24, 2.45) is 0 Å². The van der Waals surface area contributed by atoms with Gasteiger partial charge in [0.25, 0.3) is 17.7 Å². The highest BCUT2D eigenvalue weighted by atomic mass is 32.1. The molecule has 30 heavy (non-hydrogen) atoms. The summed E-state index contributed by atoms with van der Waals surface area (Å²) in [5, 5.41) is 1.95. The highest BCUT2D eigenvalue weighted by Crippen LogP contribution is 2.26. The number of imide groups is 1. The standard InChI is InChI=1S/C22H23N3O4S/c1-14(2)25-21(28)17-6-5-15(12-18(17)22(25)29)20(27)24-9-7-23(8-10-24)19(26)13-16-4-3-11-30-16/h3-6,11-12,14H,7-10,13H2,1-2H3. The van der Waals surface area contributed by atoms with E-state index in [4.69, 9.17) is 0 Å². The van der Waals surface area contributed by atoms with Crippen LogP contribution < -0.4 is 0 Å². The minimum atomic E-state index is -0.358. The van der Waals surface area contributed by atoms with E-state index in [1.54, 1.807) is 47.1 Å². The number of hydrogen-bond acceptors (Lipinski definition) is 5. The first-order chi connectivity index (χ1) is 14.4. The van der Waals surface area contributed by atoms with Gasteiger partial charge in [-0.2, -0.15) is 0 Å². The number of benzene rings is 1. The molecule has 2 aliphatic heterocycles. The molecule has 156 valence electrons. The Morgan fingerprint density at radius 2 is 1.63 bits per heavy atom. The van der Waals surface area contributed by atoms with Gasteiger partial charge in [-0.15, -0.1) is 11.3 Å². The average Bonchev–Trinajstić information content (AvgIpc) is 3.33. The van der Waals surface area contributed by atoms with Crippen molar-refractivity contribution in [3.05, 3.63) is 57.3 Å². The molecule has 0 saturated carbocycles. The van der Waals surface area contributed by atoms with Crippen LogP contribution in [0.4, 0.5) is 0 Å². The van der Waals surface area contributed by atoms with E-state index in [2.05, 4.69) is 0 Å². The Labute approximate surface area is 178 Å². The van der Waals surface area contributed by atoms with Gasteiger partial charge < -0.3 is 9.80 Å². The van der Waals surface area contributed by atoms with Crippen LogP contribution in [0, 0.1) is 0 Å². The third-order valence-corrected chi connectivity index (χ3v) is 6.38. The molecule has 1 aromatic heterocycles. The summed E-state index contributed by atoms with van der Waals surface area (Å²) in [5.41, 5.74) is 1.01. The number of nitrogens with zero attached hydrogens (tertiary/aromatic N) is 3. The van der Waals surface area contributed by atoms with Gasteiger partial charge in [0, 0.05) is 42.7 Å². The molecule has 0 N–H and O–H groups in total. The fourth-order valence-electron chi connectivity index (χ4n) is 3.88. The molecule has 0 radical (unpaired) electrons. The number of hydrogen-bond donors (Lipinski definition) is 0. The van der Waals surface area contributed by atoms with Crippen LogP contribution in [0.15, 0.2) is 35.7 Å². The van der Waals surface area contributed by atoms with Crippen molar-refractivity contribution in [2.75, 3.05) is 26.2 Å². The number of carbonyl (C=O) groups excluding carboxylic acids is 4. The van der Waals surface area contributed by atoms with Gasteiger partial charge in [-0.3, -0.25) is 24.1 Å². The van der Waals surface area contributed by atoms with Gasteiger partial charge in [0.2, 0.25) is 5.91 Å². The zero-order chi connectivity index (χ0) is 21.4. The summed E-state index contributed by atoms with van der Waals surface area (Å²) in [5.74, 6) is -0.795. The molecule has 2 aromatic rings. The molecule has 1 aromatic carbocycles. The van der Waals surface area contributed by atoms with Crippen molar-refractivity contribution in [1.82, 2.24) is 14.7 Å². The van der Waals surface area contributed by atoms with Crippen molar-refractivity contribution >= 4 is 35.0 Å². The van der Waals surface area contributed by atoms with E-state index in [-0.39, 0.29) is 35.2 Å². The second-order valence-electron chi connectivity index (χ2n) is 7.76. The van der Waals surface area contributed by atoms with Crippen LogP contribution in [0.1, 0.15) is 49.8 Å². The highest BCUT2D eigenvalue weighted by molar-refractivity contribution is 7.10. The fourth-order valence-corrected chi connectivity index (χ4v) is 4.57. The summed E-state index contributed by atoms with van der Waals surface area (Å²) >= 11 is 1.56. The number of amides is 4. The van der Waals surface area contributed by atoms with E-state index in [1.807, 2.05) is 17.5 Å². The van der Waals surface area contributed by atoms with Crippen LogP contribution >= 0.6 is 11.3 Å². The first-order valence-corrected chi connectivity index (χ1v) is 10.9. The normalized spacial score (nSPS) is 16.4. The minimum Gasteiger partial charge on any atom is -0.339 e. The second-order valence-corrected chi connectivity index (χ2v) is 8.80. The smallest absolute Gasteiger partial charge is 0.261 e. The molecule has 4 amide bonds. The summed E-state index contributed by atoms with van der Waals surface area (Å²) in [4.78, 5) is 56.1. The molecule has 0 aliphatic carbocycles. The van der Waals surface area contributed by atoms with Crippen LogP contribution in [-0.4, -0.2) is 70.5 Å². The lowest BCUT2D eigenvalue weighted by molar-refractivity contribution is -0.131. The first kappa shape index (κ1) is 20.3.